The molecule has 2 heterocycles. The minimum atomic E-state index is -0.252. The summed E-state index contributed by atoms with van der Waals surface area (Å²) in [5.41, 5.74) is 3.04. The molecule has 0 fully saturated rings. The van der Waals surface area contributed by atoms with Gasteiger partial charge in [-0.1, -0.05) is 19.4 Å². The number of aromatic nitrogens is 2. The van der Waals surface area contributed by atoms with Crippen LogP contribution in [0.5, 0.6) is 0 Å². The molecule has 2 aromatic rings. The highest BCUT2D eigenvalue weighted by molar-refractivity contribution is 5.75. The summed E-state index contributed by atoms with van der Waals surface area (Å²) in [6.45, 7) is 6.51. The quantitative estimate of drug-likeness (QED) is 0.823. The number of carbonyl (C=O) groups is 1. The molecule has 0 aliphatic heterocycles. The Hall–Kier alpha value is -2.04. The number of aryl methyl sites for hydroxylation is 2. The van der Waals surface area contributed by atoms with E-state index in [1.807, 2.05) is 29.7 Å². The van der Waals surface area contributed by atoms with Gasteiger partial charge < -0.3 is 10.1 Å². The molecule has 0 saturated carbocycles. The van der Waals surface area contributed by atoms with Crippen molar-refractivity contribution in [2.24, 2.45) is 0 Å². The number of ether oxygens (including phenoxy) is 1. The molecule has 5 nitrogen and oxygen atoms in total. The minimum Gasteiger partial charge on any atom is -0.465 e. The largest absolute Gasteiger partial charge is 0.465 e. The van der Waals surface area contributed by atoms with E-state index in [1.165, 1.54) is 0 Å². The van der Waals surface area contributed by atoms with Crippen LogP contribution >= 0.6 is 0 Å². The highest BCUT2D eigenvalue weighted by Crippen LogP contribution is 2.21. The molecule has 0 aliphatic carbocycles. The number of nitrogens with one attached hydrogen (secondary N) is 1. The Morgan fingerprint density at radius 2 is 2.25 bits per heavy atom. The molecule has 0 atom stereocenters. The van der Waals surface area contributed by atoms with Crippen LogP contribution in [0.3, 0.4) is 0 Å². The molecule has 0 aromatic carbocycles. The highest BCUT2D eigenvalue weighted by Gasteiger charge is 2.13. The maximum atomic E-state index is 11.5. The molecule has 0 radical (unpaired) electrons. The van der Waals surface area contributed by atoms with Gasteiger partial charge in [0, 0.05) is 6.20 Å². The van der Waals surface area contributed by atoms with E-state index in [1.54, 1.807) is 6.92 Å². The Morgan fingerprint density at radius 3 is 2.95 bits per heavy atom. The third-order valence-corrected chi connectivity index (χ3v) is 3.11. The van der Waals surface area contributed by atoms with Crippen LogP contribution in [-0.4, -0.2) is 28.5 Å². The summed E-state index contributed by atoms with van der Waals surface area (Å²) in [6, 6.07) is 4.02. The lowest BCUT2D eigenvalue weighted by Gasteiger charge is -2.08. The van der Waals surface area contributed by atoms with E-state index in [9.17, 15) is 4.79 Å². The van der Waals surface area contributed by atoms with Crippen molar-refractivity contribution in [3.8, 4) is 0 Å². The van der Waals surface area contributed by atoms with Crippen molar-refractivity contribution in [2.45, 2.75) is 33.6 Å². The maximum absolute atomic E-state index is 11.5. The monoisotopic (exact) mass is 275 g/mol. The van der Waals surface area contributed by atoms with Gasteiger partial charge in [0.1, 0.15) is 18.0 Å². The van der Waals surface area contributed by atoms with Crippen LogP contribution < -0.4 is 5.32 Å². The van der Waals surface area contributed by atoms with Gasteiger partial charge in [0.2, 0.25) is 0 Å². The fourth-order valence-corrected chi connectivity index (χ4v) is 2.22. The summed E-state index contributed by atoms with van der Waals surface area (Å²) in [4.78, 5) is 16.2. The first-order chi connectivity index (χ1) is 9.67. The Labute approximate surface area is 119 Å². The first-order valence-corrected chi connectivity index (χ1v) is 7.03. The van der Waals surface area contributed by atoms with Gasteiger partial charge in [0.25, 0.3) is 0 Å². The van der Waals surface area contributed by atoms with Crippen LogP contribution in [0.2, 0.25) is 0 Å². The number of hydrogen-bond donors (Lipinski definition) is 1. The molecular weight excluding hydrogens is 254 g/mol. The third-order valence-electron chi connectivity index (χ3n) is 3.11. The molecule has 0 unspecified atom stereocenters. The molecule has 0 saturated heterocycles. The van der Waals surface area contributed by atoms with Gasteiger partial charge in [-0.25, -0.2) is 4.98 Å². The van der Waals surface area contributed by atoms with E-state index in [-0.39, 0.29) is 12.5 Å². The number of fused-ring (bicyclic) bond motifs is 1. The number of rotatable bonds is 6. The third kappa shape index (κ3) is 2.92. The zero-order chi connectivity index (χ0) is 14.5. The fourth-order valence-electron chi connectivity index (χ4n) is 2.22. The molecule has 0 amide bonds. The maximum Gasteiger partial charge on any atom is 0.325 e. The van der Waals surface area contributed by atoms with E-state index in [2.05, 4.69) is 17.2 Å². The van der Waals surface area contributed by atoms with Crippen molar-refractivity contribution < 1.29 is 9.53 Å². The number of esters is 1. The molecule has 2 rings (SSSR count). The second-order valence-electron chi connectivity index (χ2n) is 4.70. The van der Waals surface area contributed by atoms with Gasteiger partial charge in [-0.05, 0) is 31.9 Å². The highest BCUT2D eigenvalue weighted by atomic mass is 16.5. The lowest BCUT2D eigenvalue weighted by atomic mass is 10.2. The van der Waals surface area contributed by atoms with Gasteiger partial charge in [0.05, 0.1) is 12.3 Å². The minimum absolute atomic E-state index is 0.159. The van der Waals surface area contributed by atoms with Crippen molar-refractivity contribution >= 4 is 17.4 Å². The molecule has 1 N–H and O–H groups in total. The average Bonchev–Trinajstić information content (AvgIpc) is 2.77. The van der Waals surface area contributed by atoms with Gasteiger partial charge in [-0.2, -0.15) is 0 Å². The number of anilines is 1. The van der Waals surface area contributed by atoms with Crippen LogP contribution in [0.1, 0.15) is 31.5 Å². The standard InChI is InChI=1S/C15H21N3O2/c1-4-7-12-15(16-10-13(19)20-5-2)18-9-6-8-11(3)14(18)17-12/h6,8-9,16H,4-5,7,10H2,1-3H3. The first kappa shape index (κ1) is 14.4. The summed E-state index contributed by atoms with van der Waals surface area (Å²) < 4.78 is 6.94. The van der Waals surface area contributed by atoms with E-state index >= 15 is 0 Å². The van der Waals surface area contributed by atoms with Gasteiger partial charge in [-0.15, -0.1) is 0 Å². The zero-order valence-electron chi connectivity index (χ0n) is 12.3. The van der Waals surface area contributed by atoms with Crippen molar-refractivity contribution in [3.05, 3.63) is 29.6 Å². The second-order valence-corrected chi connectivity index (χ2v) is 4.70. The van der Waals surface area contributed by atoms with E-state index < -0.39 is 0 Å². The summed E-state index contributed by atoms with van der Waals surface area (Å²) in [7, 11) is 0. The second kappa shape index (κ2) is 6.41. The SMILES string of the molecule is CCCc1nc2c(C)cccn2c1NCC(=O)OCC. The van der Waals surface area contributed by atoms with E-state index in [0.717, 1.165) is 35.6 Å². The normalized spacial score (nSPS) is 10.8. The molecule has 0 spiro atoms. The van der Waals surface area contributed by atoms with Crippen LogP contribution in [0.15, 0.2) is 18.3 Å². The Kier molecular flexibility index (Phi) is 4.61. The molecular formula is C15H21N3O2. The lowest BCUT2D eigenvalue weighted by Crippen LogP contribution is -2.18. The predicted octanol–water partition coefficient (Wildman–Crippen LogP) is 2.57. The Morgan fingerprint density at radius 1 is 1.45 bits per heavy atom. The van der Waals surface area contributed by atoms with Gasteiger partial charge >= 0.3 is 5.97 Å². The summed E-state index contributed by atoms with van der Waals surface area (Å²) in [5, 5.41) is 3.16. The van der Waals surface area contributed by atoms with Crippen LogP contribution in [0, 0.1) is 6.92 Å². The molecule has 0 aliphatic rings. The van der Waals surface area contributed by atoms with Crippen molar-refractivity contribution in [1.82, 2.24) is 9.38 Å². The number of pyridine rings is 1. The van der Waals surface area contributed by atoms with Crippen molar-refractivity contribution in [1.29, 1.82) is 0 Å². The van der Waals surface area contributed by atoms with Crippen molar-refractivity contribution in [3.63, 3.8) is 0 Å². The summed E-state index contributed by atoms with van der Waals surface area (Å²) >= 11 is 0. The van der Waals surface area contributed by atoms with E-state index in [0.29, 0.717) is 6.61 Å². The number of nitrogens with zero attached hydrogens (tertiary/aromatic N) is 2. The summed E-state index contributed by atoms with van der Waals surface area (Å²) in [5.74, 6) is 0.635. The van der Waals surface area contributed by atoms with E-state index in [4.69, 9.17) is 4.74 Å². The number of hydrogen-bond acceptors (Lipinski definition) is 4. The molecule has 2 aromatic heterocycles. The number of imidazole rings is 1. The van der Waals surface area contributed by atoms with Gasteiger partial charge in [-0.3, -0.25) is 9.20 Å². The smallest absolute Gasteiger partial charge is 0.325 e. The van der Waals surface area contributed by atoms with Crippen molar-refractivity contribution in [2.75, 3.05) is 18.5 Å². The molecule has 0 bridgehead atoms. The fraction of sp³-hybridized carbons (Fsp3) is 0.467. The predicted molar refractivity (Wildman–Crippen MR) is 79.0 cm³/mol. The Bertz CT molecular complexity index is 604. The summed E-state index contributed by atoms with van der Waals surface area (Å²) in [6.07, 6.45) is 3.85. The molecule has 5 heteroatoms. The Balaban J connectivity index is 2.31. The van der Waals surface area contributed by atoms with Crippen LogP contribution in [0.4, 0.5) is 5.82 Å². The average molecular weight is 275 g/mol. The topological polar surface area (TPSA) is 55.6 Å². The van der Waals surface area contributed by atoms with Crippen LogP contribution in [-0.2, 0) is 16.0 Å². The van der Waals surface area contributed by atoms with Gasteiger partial charge in [0.15, 0.2) is 0 Å². The molecule has 20 heavy (non-hydrogen) atoms. The lowest BCUT2D eigenvalue weighted by molar-refractivity contribution is -0.140. The number of carbonyl (C=O) groups excluding carboxylic acids is 1. The van der Waals surface area contributed by atoms with Crippen LogP contribution in [0.25, 0.3) is 5.65 Å². The zero-order valence-corrected chi connectivity index (χ0v) is 12.3. The molecule has 108 valence electrons. The first-order valence-electron chi connectivity index (χ1n) is 7.03.